The summed E-state index contributed by atoms with van der Waals surface area (Å²) in [5.74, 6) is 0.811. The Morgan fingerprint density at radius 2 is 1.54 bits per heavy atom. The molecule has 0 atom stereocenters. The summed E-state index contributed by atoms with van der Waals surface area (Å²) in [5.41, 5.74) is 1.41. The summed E-state index contributed by atoms with van der Waals surface area (Å²) in [5, 5.41) is 6.34. The van der Waals surface area contributed by atoms with E-state index < -0.39 is 10.1 Å². The molecule has 0 aliphatic carbocycles. The van der Waals surface area contributed by atoms with Crippen molar-refractivity contribution < 1.29 is 17.7 Å². The molecule has 26 heavy (non-hydrogen) atoms. The van der Waals surface area contributed by atoms with Crippen LogP contribution in [0, 0.1) is 0 Å². The number of hydrogen-bond donors (Lipinski definition) is 3. The van der Waals surface area contributed by atoms with Crippen molar-refractivity contribution >= 4 is 38.8 Å². The number of unbranched alkanes of at least 4 members (excludes halogenated alkanes) is 2. The van der Waals surface area contributed by atoms with Crippen molar-refractivity contribution in [1.29, 1.82) is 0 Å². The van der Waals surface area contributed by atoms with Gasteiger partial charge in [-0.2, -0.15) is 8.42 Å². The maximum Gasteiger partial charge on any atom is 0.294 e. The molecule has 0 heterocycles. The lowest BCUT2D eigenvalue weighted by atomic mass is 10.2. The van der Waals surface area contributed by atoms with E-state index in [2.05, 4.69) is 17.6 Å². The van der Waals surface area contributed by atoms with Gasteiger partial charge >= 0.3 is 0 Å². The third-order valence-corrected chi connectivity index (χ3v) is 4.61. The Morgan fingerprint density at radius 1 is 1.00 bits per heavy atom. The fraction of sp³-hybridized carbons (Fsp3) is 0.278. The number of benzene rings is 2. The van der Waals surface area contributed by atoms with Crippen LogP contribution in [0.15, 0.2) is 53.4 Å². The number of ether oxygens (including phenoxy) is 1. The van der Waals surface area contributed by atoms with E-state index in [1.807, 2.05) is 24.3 Å². The fourth-order valence-electron chi connectivity index (χ4n) is 2.18. The molecule has 3 N–H and O–H groups in total. The number of nitrogens with one attached hydrogen (secondary N) is 2. The van der Waals surface area contributed by atoms with E-state index in [1.54, 1.807) is 0 Å². The first kappa shape index (κ1) is 20.2. The van der Waals surface area contributed by atoms with Crippen LogP contribution in [0.2, 0.25) is 0 Å². The molecule has 2 aromatic rings. The van der Waals surface area contributed by atoms with Crippen LogP contribution >= 0.6 is 12.2 Å². The Morgan fingerprint density at radius 3 is 2.04 bits per heavy atom. The van der Waals surface area contributed by atoms with Crippen LogP contribution in [0.25, 0.3) is 0 Å². The van der Waals surface area contributed by atoms with Crippen molar-refractivity contribution in [3.63, 3.8) is 0 Å². The van der Waals surface area contributed by atoms with Crippen molar-refractivity contribution in [2.45, 2.75) is 31.1 Å². The van der Waals surface area contributed by atoms with Crippen LogP contribution < -0.4 is 15.4 Å². The molecule has 0 aliphatic rings. The molecule has 8 heteroatoms. The van der Waals surface area contributed by atoms with Crippen molar-refractivity contribution in [2.24, 2.45) is 0 Å². The van der Waals surface area contributed by atoms with E-state index in [0.29, 0.717) is 17.4 Å². The summed E-state index contributed by atoms with van der Waals surface area (Å²) in [6, 6.07) is 13.1. The van der Waals surface area contributed by atoms with E-state index in [0.717, 1.165) is 30.7 Å². The molecule has 0 radical (unpaired) electrons. The Balaban J connectivity index is 1.85. The lowest BCUT2D eigenvalue weighted by Crippen LogP contribution is -2.19. The average Bonchev–Trinajstić information content (AvgIpc) is 2.60. The second-order valence-electron chi connectivity index (χ2n) is 5.66. The van der Waals surface area contributed by atoms with Gasteiger partial charge in [-0.1, -0.05) is 19.8 Å². The minimum Gasteiger partial charge on any atom is -0.494 e. The Hall–Kier alpha value is -2.16. The van der Waals surface area contributed by atoms with Crippen molar-refractivity contribution in [1.82, 2.24) is 0 Å². The van der Waals surface area contributed by atoms with Crippen LogP contribution in [0.3, 0.4) is 0 Å². The molecule has 0 fully saturated rings. The summed E-state index contributed by atoms with van der Waals surface area (Å²) in [6.07, 6.45) is 3.36. The van der Waals surface area contributed by atoms with Gasteiger partial charge in [-0.3, -0.25) is 4.55 Å². The summed E-state index contributed by atoms with van der Waals surface area (Å²) in [7, 11) is -4.20. The number of anilines is 2. The van der Waals surface area contributed by atoms with Gasteiger partial charge in [0.05, 0.1) is 11.5 Å². The SMILES string of the molecule is CCCCCOc1ccc(NC(=S)Nc2ccc(S(=O)(=O)O)cc2)cc1. The fourth-order valence-corrected chi connectivity index (χ4v) is 2.90. The molecule has 0 aliphatic heterocycles. The molecule has 6 nitrogen and oxygen atoms in total. The Labute approximate surface area is 159 Å². The molecular formula is C18H22N2O4S2. The van der Waals surface area contributed by atoms with Crippen LogP contribution in [0.1, 0.15) is 26.2 Å². The van der Waals surface area contributed by atoms with Gasteiger partial charge in [0.2, 0.25) is 0 Å². The average molecular weight is 395 g/mol. The zero-order valence-electron chi connectivity index (χ0n) is 14.4. The highest BCUT2D eigenvalue weighted by atomic mass is 32.2. The third-order valence-electron chi connectivity index (χ3n) is 3.54. The van der Waals surface area contributed by atoms with Crippen LogP contribution in [-0.4, -0.2) is 24.7 Å². The monoisotopic (exact) mass is 394 g/mol. The highest BCUT2D eigenvalue weighted by Crippen LogP contribution is 2.17. The maximum absolute atomic E-state index is 11.0. The van der Waals surface area contributed by atoms with E-state index >= 15 is 0 Å². The normalized spacial score (nSPS) is 11.0. The van der Waals surface area contributed by atoms with Crippen molar-refractivity contribution in [3.8, 4) is 5.75 Å². The molecule has 140 valence electrons. The predicted octanol–water partition coefficient (Wildman–Crippen LogP) is 4.31. The molecular weight excluding hydrogens is 372 g/mol. The largest absolute Gasteiger partial charge is 0.494 e. The molecule has 0 aromatic heterocycles. The highest BCUT2D eigenvalue weighted by Gasteiger charge is 2.08. The quantitative estimate of drug-likeness (QED) is 0.349. The van der Waals surface area contributed by atoms with Gasteiger partial charge in [0, 0.05) is 11.4 Å². The lowest BCUT2D eigenvalue weighted by Gasteiger charge is -2.12. The number of rotatable bonds is 8. The molecule has 0 saturated carbocycles. The molecule has 0 bridgehead atoms. The van der Waals surface area contributed by atoms with E-state index in [-0.39, 0.29) is 4.90 Å². The summed E-state index contributed by atoms with van der Waals surface area (Å²) in [4.78, 5) is -0.170. The second kappa shape index (κ2) is 9.51. The Kier molecular flexibility index (Phi) is 7.38. The first-order valence-corrected chi connectivity index (χ1v) is 10.1. The molecule has 0 saturated heterocycles. The van der Waals surface area contributed by atoms with Crippen LogP contribution in [-0.2, 0) is 10.1 Å². The molecule has 2 rings (SSSR count). The smallest absolute Gasteiger partial charge is 0.294 e. The van der Waals surface area contributed by atoms with Gasteiger partial charge in [-0.05, 0) is 67.2 Å². The standard InChI is InChI=1S/C18H22N2O4S2/c1-2-3-4-13-24-16-9-5-14(6-10-16)19-18(25)20-15-7-11-17(12-8-15)26(21,22)23/h5-12H,2-4,13H2,1H3,(H2,19,20,25)(H,21,22,23). The molecule has 2 aromatic carbocycles. The van der Waals surface area contributed by atoms with Crippen molar-refractivity contribution in [2.75, 3.05) is 17.2 Å². The van der Waals surface area contributed by atoms with Gasteiger partial charge in [0.15, 0.2) is 5.11 Å². The number of thiocarbonyl (C=S) groups is 1. The van der Waals surface area contributed by atoms with E-state index in [9.17, 15) is 8.42 Å². The molecule has 0 spiro atoms. The van der Waals surface area contributed by atoms with Gasteiger partial charge in [0.25, 0.3) is 10.1 Å². The summed E-state index contributed by atoms with van der Waals surface area (Å²) in [6.45, 7) is 2.86. The first-order chi connectivity index (χ1) is 12.4. The minimum absolute atomic E-state index is 0.170. The first-order valence-electron chi connectivity index (χ1n) is 8.27. The maximum atomic E-state index is 11.0. The summed E-state index contributed by atoms with van der Waals surface area (Å²) < 4.78 is 36.7. The van der Waals surface area contributed by atoms with Gasteiger partial charge < -0.3 is 15.4 Å². The van der Waals surface area contributed by atoms with Crippen LogP contribution in [0.4, 0.5) is 11.4 Å². The van der Waals surface area contributed by atoms with Gasteiger partial charge in [0.1, 0.15) is 5.75 Å². The van der Waals surface area contributed by atoms with Crippen molar-refractivity contribution in [3.05, 3.63) is 48.5 Å². The van der Waals surface area contributed by atoms with E-state index in [1.165, 1.54) is 24.3 Å². The van der Waals surface area contributed by atoms with Crippen LogP contribution in [0.5, 0.6) is 5.75 Å². The summed E-state index contributed by atoms with van der Waals surface area (Å²) >= 11 is 5.24. The highest BCUT2D eigenvalue weighted by molar-refractivity contribution is 7.85. The number of hydrogen-bond acceptors (Lipinski definition) is 4. The zero-order chi connectivity index (χ0) is 19.0. The second-order valence-corrected chi connectivity index (χ2v) is 7.49. The third kappa shape index (κ3) is 6.62. The zero-order valence-corrected chi connectivity index (χ0v) is 16.1. The Bertz CT molecular complexity index is 819. The minimum atomic E-state index is -4.20. The molecule has 0 unspecified atom stereocenters. The lowest BCUT2D eigenvalue weighted by molar-refractivity contribution is 0.306. The van der Waals surface area contributed by atoms with Gasteiger partial charge in [-0.25, -0.2) is 0 Å². The molecule has 0 amide bonds. The van der Waals surface area contributed by atoms with E-state index in [4.69, 9.17) is 21.5 Å². The van der Waals surface area contributed by atoms with Gasteiger partial charge in [-0.15, -0.1) is 0 Å². The predicted molar refractivity (Wildman–Crippen MR) is 108 cm³/mol. The topological polar surface area (TPSA) is 87.7 Å².